The van der Waals surface area contributed by atoms with E-state index in [-0.39, 0.29) is 17.9 Å². The van der Waals surface area contributed by atoms with Crippen LogP contribution < -0.4 is 11.1 Å². The molecule has 1 amide bonds. The Morgan fingerprint density at radius 2 is 2.04 bits per heavy atom. The molecule has 0 saturated carbocycles. The van der Waals surface area contributed by atoms with E-state index in [0.29, 0.717) is 17.8 Å². The van der Waals surface area contributed by atoms with Crippen LogP contribution in [-0.2, 0) is 4.74 Å². The Hall–Kier alpha value is -2.33. The van der Waals surface area contributed by atoms with Crippen LogP contribution in [0.4, 0.5) is 5.69 Å². The topological polar surface area (TPSA) is 64.4 Å². The molecule has 2 aromatic rings. The molecule has 1 fully saturated rings. The van der Waals surface area contributed by atoms with Crippen molar-refractivity contribution in [2.24, 2.45) is 5.92 Å². The zero-order valence-electron chi connectivity index (χ0n) is 14.0. The number of nitrogens with two attached hydrogens (primary N) is 1. The van der Waals surface area contributed by atoms with Crippen molar-refractivity contribution in [1.29, 1.82) is 0 Å². The molecule has 0 aromatic heterocycles. The van der Waals surface area contributed by atoms with Crippen molar-refractivity contribution >= 4 is 11.6 Å². The van der Waals surface area contributed by atoms with Crippen LogP contribution in [0.25, 0.3) is 0 Å². The van der Waals surface area contributed by atoms with Gasteiger partial charge in [0, 0.05) is 30.3 Å². The van der Waals surface area contributed by atoms with Crippen molar-refractivity contribution in [3.05, 3.63) is 65.2 Å². The zero-order valence-corrected chi connectivity index (χ0v) is 14.0. The SMILES string of the molecule is Cc1ccc(N)cc1C(=O)NCC1CCCOC1c1ccccc1. The van der Waals surface area contributed by atoms with Gasteiger partial charge in [-0.25, -0.2) is 0 Å². The van der Waals surface area contributed by atoms with Crippen molar-refractivity contribution in [1.82, 2.24) is 5.32 Å². The fourth-order valence-electron chi connectivity index (χ4n) is 3.27. The normalized spacial score (nSPS) is 20.5. The van der Waals surface area contributed by atoms with Crippen molar-refractivity contribution in [3.63, 3.8) is 0 Å². The van der Waals surface area contributed by atoms with E-state index in [1.54, 1.807) is 6.07 Å². The maximum atomic E-state index is 12.5. The number of carbonyl (C=O) groups excluding carboxylic acids is 1. The number of nitrogen functional groups attached to an aromatic ring is 1. The summed E-state index contributed by atoms with van der Waals surface area (Å²) in [5.41, 5.74) is 9.16. The van der Waals surface area contributed by atoms with Crippen LogP contribution in [0.2, 0.25) is 0 Å². The van der Waals surface area contributed by atoms with E-state index in [9.17, 15) is 4.79 Å². The fraction of sp³-hybridized carbons (Fsp3) is 0.350. The number of nitrogens with one attached hydrogen (secondary N) is 1. The van der Waals surface area contributed by atoms with Crippen LogP contribution in [0.15, 0.2) is 48.5 Å². The van der Waals surface area contributed by atoms with Crippen LogP contribution >= 0.6 is 0 Å². The molecular weight excluding hydrogens is 300 g/mol. The molecule has 1 heterocycles. The number of hydrogen-bond acceptors (Lipinski definition) is 3. The maximum absolute atomic E-state index is 12.5. The van der Waals surface area contributed by atoms with Crippen molar-refractivity contribution in [2.75, 3.05) is 18.9 Å². The first kappa shape index (κ1) is 16.5. The van der Waals surface area contributed by atoms with Gasteiger partial charge in [-0.1, -0.05) is 36.4 Å². The molecule has 0 spiro atoms. The molecule has 0 aliphatic carbocycles. The number of aryl methyl sites for hydroxylation is 1. The van der Waals surface area contributed by atoms with Gasteiger partial charge in [-0.15, -0.1) is 0 Å². The molecule has 1 saturated heterocycles. The van der Waals surface area contributed by atoms with E-state index in [0.717, 1.165) is 25.0 Å². The Morgan fingerprint density at radius 1 is 1.25 bits per heavy atom. The Balaban J connectivity index is 1.68. The lowest BCUT2D eigenvalue weighted by Gasteiger charge is -2.32. The summed E-state index contributed by atoms with van der Waals surface area (Å²) >= 11 is 0. The van der Waals surface area contributed by atoms with Crippen LogP contribution in [-0.4, -0.2) is 19.1 Å². The summed E-state index contributed by atoms with van der Waals surface area (Å²) in [6.45, 7) is 3.30. The fourth-order valence-corrected chi connectivity index (χ4v) is 3.27. The molecule has 126 valence electrons. The quantitative estimate of drug-likeness (QED) is 0.846. The third-order valence-corrected chi connectivity index (χ3v) is 4.60. The van der Waals surface area contributed by atoms with Gasteiger partial charge in [-0.05, 0) is 43.0 Å². The predicted octanol–water partition coefficient (Wildman–Crippen LogP) is 3.47. The summed E-state index contributed by atoms with van der Waals surface area (Å²) in [4.78, 5) is 12.5. The molecule has 4 nitrogen and oxygen atoms in total. The molecule has 3 N–H and O–H groups in total. The third-order valence-electron chi connectivity index (χ3n) is 4.60. The monoisotopic (exact) mass is 324 g/mol. The second-order valence-electron chi connectivity index (χ2n) is 6.39. The molecular formula is C20H24N2O2. The molecule has 3 rings (SSSR count). The maximum Gasteiger partial charge on any atom is 0.251 e. The van der Waals surface area contributed by atoms with Gasteiger partial charge >= 0.3 is 0 Å². The average Bonchev–Trinajstić information content (AvgIpc) is 2.62. The number of ether oxygens (including phenoxy) is 1. The van der Waals surface area contributed by atoms with E-state index in [1.807, 2.05) is 37.3 Å². The summed E-state index contributed by atoms with van der Waals surface area (Å²) in [6.07, 6.45) is 2.12. The summed E-state index contributed by atoms with van der Waals surface area (Å²) in [7, 11) is 0. The summed E-state index contributed by atoms with van der Waals surface area (Å²) in [5, 5.41) is 3.06. The van der Waals surface area contributed by atoms with E-state index in [4.69, 9.17) is 10.5 Å². The number of amides is 1. The van der Waals surface area contributed by atoms with Crippen molar-refractivity contribution < 1.29 is 9.53 Å². The second kappa shape index (κ2) is 7.49. The highest BCUT2D eigenvalue weighted by Crippen LogP contribution is 2.33. The number of rotatable bonds is 4. The van der Waals surface area contributed by atoms with Crippen LogP contribution in [0, 0.1) is 12.8 Å². The largest absolute Gasteiger partial charge is 0.399 e. The Kier molecular flexibility index (Phi) is 5.16. The van der Waals surface area contributed by atoms with Gasteiger partial charge in [0.15, 0.2) is 0 Å². The highest BCUT2D eigenvalue weighted by molar-refractivity contribution is 5.96. The minimum absolute atomic E-state index is 0.0437. The Labute approximate surface area is 143 Å². The number of benzene rings is 2. The van der Waals surface area contributed by atoms with E-state index in [2.05, 4.69) is 17.4 Å². The summed E-state index contributed by atoms with van der Waals surface area (Å²) in [5.74, 6) is 0.212. The van der Waals surface area contributed by atoms with Crippen LogP contribution in [0.5, 0.6) is 0 Å². The smallest absolute Gasteiger partial charge is 0.251 e. The first-order chi connectivity index (χ1) is 11.6. The van der Waals surface area contributed by atoms with E-state index < -0.39 is 0 Å². The Morgan fingerprint density at radius 3 is 2.83 bits per heavy atom. The highest BCUT2D eigenvalue weighted by atomic mass is 16.5. The molecule has 0 radical (unpaired) electrons. The van der Waals surface area contributed by atoms with Gasteiger partial charge in [0.2, 0.25) is 0 Å². The molecule has 2 atom stereocenters. The molecule has 1 aliphatic heterocycles. The number of anilines is 1. The molecule has 0 bridgehead atoms. The number of carbonyl (C=O) groups is 1. The molecule has 1 aliphatic rings. The second-order valence-corrected chi connectivity index (χ2v) is 6.39. The third kappa shape index (κ3) is 3.77. The van der Waals surface area contributed by atoms with Crippen LogP contribution in [0.3, 0.4) is 0 Å². The van der Waals surface area contributed by atoms with Gasteiger partial charge in [-0.2, -0.15) is 0 Å². The first-order valence-electron chi connectivity index (χ1n) is 8.46. The molecule has 4 heteroatoms. The minimum atomic E-state index is -0.0721. The van der Waals surface area contributed by atoms with Gasteiger partial charge < -0.3 is 15.8 Å². The van der Waals surface area contributed by atoms with Crippen molar-refractivity contribution in [3.8, 4) is 0 Å². The van der Waals surface area contributed by atoms with Gasteiger partial charge in [0.05, 0.1) is 6.10 Å². The Bertz CT molecular complexity index is 700. The molecule has 2 unspecified atom stereocenters. The van der Waals surface area contributed by atoms with Gasteiger partial charge in [0.1, 0.15) is 0 Å². The molecule has 24 heavy (non-hydrogen) atoms. The standard InChI is InChI=1S/C20H24N2O2/c1-14-9-10-17(21)12-18(14)20(23)22-13-16-8-5-11-24-19(16)15-6-3-2-4-7-15/h2-4,6-7,9-10,12,16,19H,5,8,11,13,21H2,1H3,(H,22,23). The minimum Gasteiger partial charge on any atom is -0.399 e. The van der Waals surface area contributed by atoms with Gasteiger partial charge in [-0.3, -0.25) is 4.79 Å². The summed E-state index contributed by atoms with van der Waals surface area (Å²) in [6, 6.07) is 15.7. The lowest BCUT2D eigenvalue weighted by molar-refractivity contribution is -0.0272. The van der Waals surface area contributed by atoms with Crippen molar-refractivity contribution in [2.45, 2.75) is 25.9 Å². The van der Waals surface area contributed by atoms with E-state index in [1.165, 1.54) is 5.56 Å². The van der Waals surface area contributed by atoms with Gasteiger partial charge in [0.25, 0.3) is 5.91 Å². The lowest BCUT2D eigenvalue weighted by atomic mass is 9.89. The van der Waals surface area contributed by atoms with Crippen LogP contribution in [0.1, 0.15) is 40.4 Å². The lowest BCUT2D eigenvalue weighted by Crippen LogP contribution is -2.35. The first-order valence-corrected chi connectivity index (χ1v) is 8.46. The number of hydrogen-bond donors (Lipinski definition) is 2. The highest BCUT2D eigenvalue weighted by Gasteiger charge is 2.27. The average molecular weight is 324 g/mol. The predicted molar refractivity (Wildman–Crippen MR) is 95.8 cm³/mol. The zero-order chi connectivity index (χ0) is 16.9. The molecule has 2 aromatic carbocycles. The van der Waals surface area contributed by atoms with E-state index >= 15 is 0 Å². The summed E-state index contributed by atoms with van der Waals surface area (Å²) < 4.78 is 5.99.